The molecule has 0 saturated carbocycles. The molecule has 170 valence electrons. The Hall–Kier alpha value is -3.54. The number of halogens is 2. The summed E-state index contributed by atoms with van der Waals surface area (Å²) in [4.78, 5) is 25.8. The van der Waals surface area contributed by atoms with Gasteiger partial charge in [0.25, 0.3) is 5.69 Å². The first-order valence-corrected chi connectivity index (χ1v) is 10.6. The van der Waals surface area contributed by atoms with E-state index in [0.29, 0.717) is 43.8 Å². The van der Waals surface area contributed by atoms with Crippen LogP contribution in [0.25, 0.3) is 0 Å². The third-order valence-electron chi connectivity index (χ3n) is 4.58. The molecule has 2 aromatic carbocycles. The van der Waals surface area contributed by atoms with Crippen molar-refractivity contribution in [3.05, 3.63) is 68.2 Å². The fraction of sp³-hybridized carbons (Fsp3) is 0.200. The number of hydrazone groups is 1. The molecule has 0 amide bonds. The van der Waals surface area contributed by atoms with Gasteiger partial charge < -0.3 is 15.0 Å². The van der Waals surface area contributed by atoms with Gasteiger partial charge in [-0.2, -0.15) is 20.1 Å². The highest BCUT2D eigenvalue weighted by molar-refractivity contribution is 6.37. The number of rotatable bonds is 7. The van der Waals surface area contributed by atoms with Crippen LogP contribution in [0.15, 0.2) is 47.6 Å². The molecule has 33 heavy (non-hydrogen) atoms. The van der Waals surface area contributed by atoms with Gasteiger partial charge in [-0.25, -0.2) is 5.43 Å². The number of hydrogen-bond acceptors (Lipinski definition) is 10. The number of nitro benzene ring substituents is 1. The van der Waals surface area contributed by atoms with Crippen molar-refractivity contribution in [2.24, 2.45) is 5.10 Å². The van der Waals surface area contributed by atoms with Crippen molar-refractivity contribution < 1.29 is 9.66 Å². The highest BCUT2D eigenvalue weighted by atomic mass is 35.5. The molecule has 2 heterocycles. The number of hydrogen-bond donors (Lipinski definition) is 2. The molecule has 0 radical (unpaired) electrons. The van der Waals surface area contributed by atoms with Crippen molar-refractivity contribution in [2.75, 3.05) is 41.9 Å². The van der Waals surface area contributed by atoms with Crippen LogP contribution in [-0.2, 0) is 4.74 Å². The zero-order valence-electron chi connectivity index (χ0n) is 17.1. The average molecular weight is 489 g/mol. The summed E-state index contributed by atoms with van der Waals surface area (Å²) in [6.45, 7) is 2.42. The maximum absolute atomic E-state index is 11.1. The van der Waals surface area contributed by atoms with Crippen LogP contribution >= 0.6 is 23.2 Å². The van der Waals surface area contributed by atoms with E-state index in [9.17, 15) is 10.1 Å². The van der Waals surface area contributed by atoms with Crippen LogP contribution in [-0.4, -0.2) is 52.4 Å². The largest absolute Gasteiger partial charge is 0.378 e. The molecule has 1 saturated heterocycles. The molecular formula is C20H18Cl2N8O3. The molecule has 1 aliphatic rings. The molecule has 0 unspecified atom stereocenters. The number of benzene rings is 2. The van der Waals surface area contributed by atoms with Crippen molar-refractivity contribution in [3.8, 4) is 0 Å². The lowest BCUT2D eigenvalue weighted by Gasteiger charge is -2.27. The van der Waals surface area contributed by atoms with Crippen molar-refractivity contribution >= 4 is 58.6 Å². The highest BCUT2D eigenvalue weighted by Crippen LogP contribution is 2.30. The Morgan fingerprint density at radius 2 is 1.79 bits per heavy atom. The Morgan fingerprint density at radius 1 is 1.06 bits per heavy atom. The normalized spacial score (nSPS) is 13.8. The molecule has 13 heteroatoms. The van der Waals surface area contributed by atoms with Gasteiger partial charge in [-0.05, 0) is 18.2 Å². The Labute approximate surface area is 198 Å². The molecule has 2 N–H and O–H groups in total. The van der Waals surface area contributed by atoms with Crippen LogP contribution in [0.2, 0.25) is 10.0 Å². The van der Waals surface area contributed by atoms with E-state index in [1.165, 1.54) is 18.3 Å². The van der Waals surface area contributed by atoms with Crippen LogP contribution < -0.4 is 15.6 Å². The number of ether oxygens (including phenoxy) is 1. The van der Waals surface area contributed by atoms with Crippen LogP contribution in [0.3, 0.4) is 0 Å². The molecule has 3 aromatic rings. The number of nitro groups is 1. The fourth-order valence-electron chi connectivity index (χ4n) is 2.98. The molecular weight excluding hydrogens is 471 g/mol. The van der Waals surface area contributed by atoms with E-state index in [2.05, 4.69) is 30.8 Å². The van der Waals surface area contributed by atoms with Crippen LogP contribution in [0.4, 0.5) is 29.2 Å². The van der Waals surface area contributed by atoms with E-state index < -0.39 is 4.92 Å². The number of anilines is 4. The maximum Gasteiger partial charge on any atom is 0.288 e. The zero-order valence-corrected chi connectivity index (χ0v) is 18.6. The minimum absolute atomic E-state index is 0.0562. The first kappa shape index (κ1) is 22.6. The molecule has 0 aliphatic carbocycles. The van der Waals surface area contributed by atoms with Crippen LogP contribution in [0.1, 0.15) is 5.56 Å². The number of nitrogens with one attached hydrogen (secondary N) is 2. The summed E-state index contributed by atoms with van der Waals surface area (Å²) in [5.41, 5.74) is 3.59. The number of aromatic nitrogens is 3. The van der Waals surface area contributed by atoms with Crippen LogP contribution in [0.5, 0.6) is 0 Å². The van der Waals surface area contributed by atoms with Gasteiger partial charge in [-0.3, -0.25) is 10.1 Å². The predicted octanol–water partition coefficient (Wildman–Crippen LogP) is 4.11. The monoisotopic (exact) mass is 488 g/mol. The molecule has 0 bridgehead atoms. The van der Waals surface area contributed by atoms with Gasteiger partial charge in [0.15, 0.2) is 0 Å². The smallest absolute Gasteiger partial charge is 0.288 e. The first-order chi connectivity index (χ1) is 16.0. The lowest BCUT2D eigenvalue weighted by atomic mass is 10.2. The van der Waals surface area contributed by atoms with Gasteiger partial charge in [-0.1, -0.05) is 41.4 Å². The Bertz CT molecular complexity index is 1170. The van der Waals surface area contributed by atoms with Gasteiger partial charge >= 0.3 is 0 Å². The molecule has 11 nitrogen and oxygen atoms in total. The van der Waals surface area contributed by atoms with Crippen molar-refractivity contribution in [3.63, 3.8) is 0 Å². The lowest BCUT2D eigenvalue weighted by molar-refractivity contribution is -0.384. The standard InChI is InChI=1S/C20H18Cl2N8O3/c21-15-11-16(22)17(30(31)32)10-13(15)12-23-28-19-25-18(24-14-4-2-1-3-5-14)26-20(27-19)29-6-8-33-9-7-29/h1-5,10-12H,6-9H2,(H2,24,25,26,27,28)/b23-12+. The average Bonchev–Trinajstić information content (AvgIpc) is 2.81. The SMILES string of the molecule is O=[N+]([O-])c1cc(/C=N/Nc2nc(Nc3ccccc3)nc(N3CCOCC3)n2)c(Cl)cc1Cl. The van der Waals surface area contributed by atoms with Gasteiger partial charge in [0.05, 0.1) is 29.4 Å². The van der Waals surface area contributed by atoms with E-state index in [4.69, 9.17) is 27.9 Å². The van der Waals surface area contributed by atoms with Gasteiger partial charge in [0.1, 0.15) is 5.02 Å². The second-order valence-electron chi connectivity index (χ2n) is 6.83. The highest BCUT2D eigenvalue weighted by Gasteiger charge is 2.17. The summed E-state index contributed by atoms with van der Waals surface area (Å²) in [6, 6.07) is 12.0. The molecule has 0 atom stereocenters. The van der Waals surface area contributed by atoms with Crippen molar-refractivity contribution in [2.45, 2.75) is 0 Å². The summed E-state index contributed by atoms with van der Waals surface area (Å²) in [5.74, 6) is 0.973. The topological polar surface area (TPSA) is 131 Å². The second kappa shape index (κ2) is 10.4. The van der Waals surface area contributed by atoms with Crippen molar-refractivity contribution in [1.82, 2.24) is 15.0 Å². The molecule has 1 fully saturated rings. The second-order valence-corrected chi connectivity index (χ2v) is 7.64. The summed E-state index contributed by atoms with van der Waals surface area (Å²) in [5, 5.41) is 18.5. The van der Waals surface area contributed by atoms with E-state index in [1.807, 2.05) is 35.2 Å². The van der Waals surface area contributed by atoms with Gasteiger partial charge in [0, 0.05) is 30.4 Å². The Kier molecular flexibility index (Phi) is 7.13. The summed E-state index contributed by atoms with van der Waals surface area (Å²) >= 11 is 12.0. The number of nitrogens with zero attached hydrogens (tertiary/aromatic N) is 6. The summed E-state index contributed by atoms with van der Waals surface area (Å²) < 4.78 is 5.40. The zero-order chi connectivity index (χ0) is 23.2. The molecule has 1 aromatic heterocycles. The summed E-state index contributed by atoms with van der Waals surface area (Å²) in [7, 11) is 0. The van der Waals surface area contributed by atoms with Gasteiger partial charge in [0.2, 0.25) is 17.8 Å². The minimum Gasteiger partial charge on any atom is -0.378 e. The number of morpholine rings is 1. The first-order valence-electron chi connectivity index (χ1n) is 9.83. The summed E-state index contributed by atoms with van der Waals surface area (Å²) in [6.07, 6.45) is 1.33. The van der Waals surface area contributed by atoms with E-state index in [-0.39, 0.29) is 21.7 Å². The molecule has 0 spiro atoms. The fourth-order valence-corrected chi connectivity index (χ4v) is 3.48. The maximum atomic E-state index is 11.1. The van der Waals surface area contributed by atoms with Crippen LogP contribution in [0, 0.1) is 10.1 Å². The molecule has 4 rings (SSSR count). The Balaban J connectivity index is 1.59. The van der Waals surface area contributed by atoms with E-state index >= 15 is 0 Å². The minimum atomic E-state index is -0.592. The third kappa shape index (κ3) is 5.83. The van der Waals surface area contributed by atoms with Crippen molar-refractivity contribution in [1.29, 1.82) is 0 Å². The Morgan fingerprint density at radius 3 is 2.52 bits per heavy atom. The molecule has 1 aliphatic heterocycles. The quantitative estimate of drug-likeness (QED) is 0.286. The number of para-hydroxylation sites is 1. The lowest BCUT2D eigenvalue weighted by Crippen LogP contribution is -2.37. The third-order valence-corrected chi connectivity index (χ3v) is 5.21. The van der Waals surface area contributed by atoms with Gasteiger partial charge in [-0.15, -0.1) is 0 Å². The van der Waals surface area contributed by atoms with E-state index in [0.717, 1.165) is 5.69 Å². The van der Waals surface area contributed by atoms with E-state index in [1.54, 1.807) is 0 Å². The predicted molar refractivity (Wildman–Crippen MR) is 127 cm³/mol.